The molecule has 0 saturated carbocycles. The van der Waals surface area contributed by atoms with E-state index in [1.807, 2.05) is 30.5 Å². The Morgan fingerprint density at radius 1 is 1.10 bits per heavy atom. The summed E-state index contributed by atoms with van der Waals surface area (Å²) in [4.78, 5) is 4.25. The molecular weight excluding hydrogens is 251 g/mol. The van der Waals surface area contributed by atoms with Crippen molar-refractivity contribution in [2.45, 2.75) is 13.0 Å². The van der Waals surface area contributed by atoms with Crippen molar-refractivity contribution in [2.24, 2.45) is 5.73 Å². The van der Waals surface area contributed by atoms with Gasteiger partial charge >= 0.3 is 0 Å². The van der Waals surface area contributed by atoms with Crippen LogP contribution in [0.25, 0.3) is 10.8 Å². The molecule has 0 fully saturated rings. The molecule has 0 saturated heterocycles. The van der Waals surface area contributed by atoms with E-state index in [1.165, 1.54) is 6.07 Å². The minimum Gasteiger partial charge on any atom is -0.320 e. The summed E-state index contributed by atoms with van der Waals surface area (Å²) in [5, 5.41) is 2.14. The molecule has 2 nitrogen and oxygen atoms in total. The number of benzene rings is 2. The van der Waals surface area contributed by atoms with Gasteiger partial charge in [-0.1, -0.05) is 36.4 Å². The molecule has 0 aliphatic carbocycles. The molecule has 20 heavy (non-hydrogen) atoms. The number of nitrogens with two attached hydrogens (primary N) is 1. The predicted molar refractivity (Wildman–Crippen MR) is 78.9 cm³/mol. The number of aryl methyl sites for hydroxylation is 1. The number of fused-ring (bicyclic) bond motifs is 1. The van der Waals surface area contributed by atoms with Gasteiger partial charge in [-0.25, -0.2) is 4.39 Å². The zero-order chi connectivity index (χ0) is 14.1. The Morgan fingerprint density at radius 2 is 1.90 bits per heavy atom. The first-order valence-corrected chi connectivity index (χ1v) is 6.51. The standard InChI is InChI=1S/C17H15FN2/c1-11-8-12(6-7-16(11)18)17(19)15-10-20-9-13-4-2-3-5-14(13)15/h2-10,17H,19H2,1H3. The van der Waals surface area contributed by atoms with Crippen molar-refractivity contribution in [3.63, 3.8) is 0 Å². The zero-order valence-electron chi connectivity index (χ0n) is 11.2. The number of nitrogens with zero attached hydrogens (tertiary/aromatic N) is 1. The molecular formula is C17H15FN2. The minimum absolute atomic E-state index is 0.211. The first-order chi connectivity index (χ1) is 9.66. The van der Waals surface area contributed by atoms with Crippen LogP contribution in [0.3, 0.4) is 0 Å². The lowest BCUT2D eigenvalue weighted by Gasteiger charge is -2.15. The smallest absolute Gasteiger partial charge is 0.126 e. The normalized spacial score (nSPS) is 12.6. The molecule has 0 bridgehead atoms. The van der Waals surface area contributed by atoms with Crippen molar-refractivity contribution in [3.8, 4) is 0 Å². The number of hydrogen-bond donors (Lipinski definition) is 1. The van der Waals surface area contributed by atoms with Gasteiger partial charge in [0.05, 0.1) is 6.04 Å². The lowest BCUT2D eigenvalue weighted by atomic mass is 9.95. The highest BCUT2D eigenvalue weighted by Crippen LogP contribution is 2.27. The Labute approximate surface area is 117 Å². The molecule has 3 rings (SSSR count). The summed E-state index contributed by atoms with van der Waals surface area (Å²) in [6.45, 7) is 1.74. The van der Waals surface area contributed by atoms with Gasteiger partial charge in [0.1, 0.15) is 5.82 Å². The van der Waals surface area contributed by atoms with Crippen LogP contribution in [0.2, 0.25) is 0 Å². The van der Waals surface area contributed by atoms with Crippen LogP contribution in [0.15, 0.2) is 54.9 Å². The van der Waals surface area contributed by atoms with Gasteiger partial charge in [-0.3, -0.25) is 4.98 Å². The van der Waals surface area contributed by atoms with Crippen molar-refractivity contribution in [3.05, 3.63) is 77.4 Å². The maximum atomic E-state index is 13.4. The van der Waals surface area contributed by atoms with E-state index < -0.39 is 0 Å². The fourth-order valence-electron chi connectivity index (χ4n) is 2.43. The third-order valence-corrected chi connectivity index (χ3v) is 3.58. The van der Waals surface area contributed by atoms with Gasteiger partial charge in [-0.15, -0.1) is 0 Å². The molecule has 0 aliphatic rings. The molecule has 0 radical (unpaired) electrons. The average Bonchev–Trinajstić information content (AvgIpc) is 2.49. The summed E-state index contributed by atoms with van der Waals surface area (Å²) in [7, 11) is 0. The molecule has 0 amide bonds. The van der Waals surface area contributed by atoms with Crippen molar-refractivity contribution >= 4 is 10.8 Å². The second-order valence-electron chi connectivity index (χ2n) is 4.94. The summed E-state index contributed by atoms with van der Waals surface area (Å²) in [5.41, 5.74) is 8.79. The summed E-state index contributed by atoms with van der Waals surface area (Å²) in [5.74, 6) is -0.211. The summed E-state index contributed by atoms with van der Waals surface area (Å²) >= 11 is 0. The van der Waals surface area contributed by atoms with Crippen LogP contribution in [-0.2, 0) is 0 Å². The Balaban J connectivity index is 2.12. The Hall–Kier alpha value is -2.26. The van der Waals surface area contributed by atoms with Crippen LogP contribution in [0.1, 0.15) is 22.7 Å². The van der Waals surface area contributed by atoms with Crippen molar-refractivity contribution in [1.29, 1.82) is 0 Å². The number of pyridine rings is 1. The van der Waals surface area contributed by atoms with Gasteiger partial charge in [-0.2, -0.15) is 0 Å². The quantitative estimate of drug-likeness (QED) is 0.767. The van der Waals surface area contributed by atoms with E-state index in [0.717, 1.165) is 21.9 Å². The number of aromatic nitrogens is 1. The molecule has 1 unspecified atom stereocenters. The summed E-state index contributed by atoms with van der Waals surface area (Å²) in [6.07, 6.45) is 3.60. The molecule has 0 spiro atoms. The van der Waals surface area contributed by atoms with Crippen molar-refractivity contribution < 1.29 is 4.39 Å². The second kappa shape index (κ2) is 5.02. The molecule has 1 aromatic heterocycles. The van der Waals surface area contributed by atoms with Gasteiger partial charge in [0, 0.05) is 17.8 Å². The second-order valence-corrected chi connectivity index (χ2v) is 4.94. The monoisotopic (exact) mass is 266 g/mol. The predicted octanol–water partition coefficient (Wildman–Crippen LogP) is 3.73. The Kier molecular flexibility index (Phi) is 3.20. The Bertz CT molecular complexity index is 763. The van der Waals surface area contributed by atoms with E-state index in [1.54, 1.807) is 25.3 Å². The van der Waals surface area contributed by atoms with E-state index in [4.69, 9.17) is 5.73 Å². The van der Waals surface area contributed by atoms with Crippen LogP contribution >= 0.6 is 0 Å². The van der Waals surface area contributed by atoms with Crippen molar-refractivity contribution in [1.82, 2.24) is 4.98 Å². The number of halogens is 1. The largest absolute Gasteiger partial charge is 0.320 e. The van der Waals surface area contributed by atoms with E-state index in [0.29, 0.717) is 5.56 Å². The third-order valence-electron chi connectivity index (χ3n) is 3.58. The minimum atomic E-state index is -0.312. The van der Waals surface area contributed by atoms with Crippen molar-refractivity contribution in [2.75, 3.05) is 0 Å². The topological polar surface area (TPSA) is 38.9 Å². The van der Waals surface area contributed by atoms with Gasteiger partial charge in [0.2, 0.25) is 0 Å². The van der Waals surface area contributed by atoms with Gasteiger partial charge < -0.3 is 5.73 Å². The fourth-order valence-corrected chi connectivity index (χ4v) is 2.43. The highest BCUT2D eigenvalue weighted by atomic mass is 19.1. The average molecular weight is 266 g/mol. The molecule has 3 aromatic rings. The first-order valence-electron chi connectivity index (χ1n) is 6.51. The van der Waals surface area contributed by atoms with Crippen LogP contribution in [0.5, 0.6) is 0 Å². The van der Waals surface area contributed by atoms with Gasteiger partial charge in [-0.05, 0) is 35.1 Å². The summed E-state index contributed by atoms with van der Waals surface area (Å²) < 4.78 is 13.4. The SMILES string of the molecule is Cc1cc(C(N)c2cncc3ccccc23)ccc1F. The van der Waals surface area contributed by atoms with E-state index in [2.05, 4.69) is 4.98 Å². The highest BCUT2D eigenvalue weighted by Gasteiger charge is 2.13. The lowest BCUT2D eigenvalue weighted by Crippen LogP contribution is -2.13. The lowest BCUT2D eigenvalue weighted by molar-refractivity contribution is 0.617. The maximum absolute atomic E-state index is 13.4. The molecule has 1 heterocycles. The number of hydrogen-bond acceptors (Lipinski definition) is 2. The molecule has 0 aliphatic heterocycles. The number of rotatable bonds is 2. The molecule has 2 N–H and O–H groups in total. The van der Waals surface area contributed by atoms with Gasteiger partial charge in [0.25, 0.3) is 0 Å². The fraction of sp³-hybridized carbons (Fsp3) is 0.118. The van der Waals surface area contributed by atoms with Crippen LogP contribution in [-0.4, -0.2) is 4.98 Å². The van der Waals surface area contributed by atoms with Gasteiger partial charge in [0.15, 0.2) is 0 Å². The third kappa shape index (κ3) is 2.17. The molecule has 100 valence electrons. The Morgan fingerprint density at radius 3 is 2.70 bits per heavy atom. The maximum Gasteiger partial charge on any atom is 0.126 e. The molecule has 2 aromatic carbocycles. The first kappa shape index (κ1) is 12.8. The summed E-state index contributed by atoms with van der Waals surface area (Å²) in [6, 6.07) is 12.7. The zero-order valence-corrected chi connectivity index (χ0v) is 11.2. The van der Waals surface area contributed by atoms with E-state index in [9.17, 15) is 4.39 Å². The molecule has 1 atom stereocenters. The van der Waals surface area contributed by atoms with Crippen LogP contribution < -0.4 is 5.73 Å². The molecule has 3 heteroatoms. The van der Waals surface area contributed by atoms with Crippen LogP contribution in [0.4, 0.5) is 4.39 Å². The van der Waals surface area contributed by atoms with E-state index >= 15 is 0 Å². The van der Waals surface area contributed by atoms with Crippen LogP contribution in [0, 0.1) is 12.7 Å². The van der Waals surface area contributed by atoms with E-state index in [-0.39, 0.29) is 11.9 Å². The highest BCUT2D eigenvalue weighted by molar-refractivity contribution is 5.85.